The van der Waals surface area contributed by atoms with Gasteiger partial charge in [0.25, 0.3) is 5.91 Å². The van der Waals surface area contributed by atoms with Crippen LogP contribution in [-0.2, 0) is 0 Å². The lowest BCUT2D eigenvalue weighted by Gasteiger charge is -2.07. The largest absolute Gasteiger partial charge is 0.494 e. The van der Waals surface area contributed by atoms with Crippen molar-refractivity contribution in [2.45, 2.75) is 20.3 Å². The molecule has 0 spiro atoms. The molecule has 0 saturated carbocycles. The van der Waals surface area contributed by atoms with E-state index in [0.29, 0.717) is 11.1 Å². The van der Waals surface area contributed by atoms with E-state index in [1.54, 1.807) is 19.9 Å². The van der Waals surface area contributed by atoms with Crippen LogP contribution in [-0.4, -0.2) is 27.4 Å². The van der Waals surface area contributed by atoms with Gasteiger partial charge in [-0.15, -0.1) is 0 Å². The molecule has 0 aliphatic rings. The first-order valence-corrected chi connectivity index (χ1v) is 8.52. The van der Waals surface area contributed by atoms with Crippen LogP contribution >= 0.6 is 0 Å². The van der Waals surface area contributed by atoms with E-state index in [9.17, 15) is 23.9 Å². The number of Topliss-reactive ketones (excluding diaryl/α,β-unsaturated/α-hetero) is 1. The molecule has 0 aliphatic carbocycles. The van der Waals surface area contributed by atoms with E-state index in [0.717, 1.165) is 4.57 Å². The van der Waals surface area contributed by atoms with Crippen LogP contribution in [0.15, 0.2) is 36.4 Å². The Kier molecular flexibility index (Phi) is 4.87. The average molecular weight is 383 g/mol. The number of hydrogen-bond donors (Lipinski definition) is 3. The number of hydrogen-bond acceptors (Lipinski definition) is 4. The van der Waals surface area contributed by atoms with E-state index in [2.05, 4.69) is 5.32 Å². The summed E-state index contributed by atoms with van der Waals surface area (Å²) >= 11 is 0. The summed E-state index contributed by atoms with van der Waals surface area (Å²) in [5.41, 5.74) is 6.10. The molecule has 4 N–H and O–H groups in total. The molecule has 0 radical (unpaired) electrons. The smallest absolute Gasteiger partial charge is 0.326 e. The van der Waals surface area contributed by atoms with Crippen LogP contribution in [0.25, 0.3) is 10.9 Å². The minimum Gasteiger partial charge on any atom is -0.494 e. The molecule has 144 valence electrons. The number of ketones is 1. The third-order valence-corrected chi connectivity index (χ3v) is 4.41. The lowest BCUT2D eigenvalue weighted by molar-refractivity contribution is 0.0985. The Morgan fingerprint density at radius 3 is 2.50 bits per heavy atom. The third kappa shape index (κ3) is 3.20. The highest BCUT2D eigenvalue weighted by atomic mass is 19.1. The number of primary amides is 1. The van der Waals surface area contributed by atoms with Gasteiger partial charge in [0.1, 0.15) is 11.4 Å². The number of rotatable bonds is 4. The van der Waals surface area contributed by atoms with Gasteiger partial charge in [-0.2, -0.15) is 0 Å². The van der Waals surface area contributed by atoms with Crippen molar-refractivity contribution in [3.63, 3.8) is 0 Å². The number of benzene rings is 2. The number of halogens is 1. The second-order valence-corrected chi connectivity index (χ2v) is 6.32. The molecule has 2 aromatic carbocycles. The normalized spacial score (nSPS) is 10.8. The van der Waals surface area contributed by atoms with Gasteiger partial charge in [0.15, 0.2) is 5.78 Å². The van der Waals surface area contributed by atoms with Crippen LogP contribution < -0.4 is 11.1 Å². The summed E-state index contributed by atoms with van der Waals surface area (Å²) in [6, 6.07) is 7.56. The highest BCUT2D eigenvalue weighted by Gasteiger charge is 2.26. The first kappa shape index (κ1) is 19.1. The monoisotopic (exact) mass is 383 g/mol. The number of nitrogens with one attached hydrogen (secondary N) is 1. The lowest BCUT2D eigenvalue weighted by atomic mass is 10.0. The summed E-state index contributed by atoms with van der Waals surface area (Å²) in [5.74, 6) is -2.35. The molecule has 8 heteroatoms. The minimum atomic E-state index is -1.00. The summed E-state index contributed by atoms with van der Waals surface area (Å²) in [5, 5.41) is 13.0. The lowest BCUT2D eigenvalue weighted by Crippen LogP contribution is -2.19. The Labute approximate surface area is 159 Å². The van der Waals surface area contributed by atoms with E-state index in [-0.39, 0.29) is 34.4 Å². The van der Waals surface area contributed by atoms with E-state index in [1.807, 2.05) is 0 Å². The maximum absolute atomic E-state index is 14.1. The number of carbonyl (C=O) groups is 3. The molecule has 7 nitrogen and oxygen atoms in total. The van der Waals surface area contributed by atoms with Crippen LogP contribution in [0, 0.1) is 12.7 Å². The number of amides is 2. The van der Waals surface area contributed by atoms with Crippen LogP contribution in [0.3, 0.4) is 0 Å². The molecular weight excluding hydrogens is 365 g/mol. The molecule has 1 aromatic heterocycles. The molecule has 0 saturated heterocycles. The second-order valence-electron chi connectivity index (χ2n) is 6.32. The quantitative estimate of drug-likeness (QED) is 0.598. The molecule has 0 unspecified atom stereocenters. The highest BCUT2D eigenvalue weighted by Crippen LogP contribution is 2.33. The van der Waals surface area contributed by atoms with Crippen molar-refractivity contribution in [1.29, 1.82) is 0 Å². The van der Waals surface area contributed by atoms with Crippen molar-refractivity contribution < 1.29 is 23.9 Å². The molecular formula is C20H18FN3O4. The molecule has 28 heavy (non-hydrogen) atoms. The number of aromatic nitrogens is 1. The standard InChI is InChI=1S/C20H18FN3O4/c1-3-16(25)11-5-7-15-12(9-11)17(19(27)24(15)20(22)28)18(26)23-14-6-4-10(2)8-13(14)21/h4-9,27H,3H2,1-2H3,(H2,22,28)(H,23,26). The molecule has 3 aromatic rings. The van der Waals surface area contributed by atoms with Crippen molar-refractivity contribution in [2.24, 2.45) is 5.73 Å². The van der Waals surface area contributed by atoms with Crippen molar-refractivity contribution in [3.8, 4) is 5.88 Å². The molecule has 0 bridgehead atoms. The summed E-state index contributed by atoms with van der Waals surface area (Å²) in [6.45, 7) is 3.39. The van der Waals surface area contributed by atoms with Gasteiger partial charge in [0.2, 0.25) is 5.88 Å². The topological polar surface area (TPSA) is 114 Å². The molecule has 3 rings (SSSR count). The second kappa shape index (κ2) is 7.15. The number of nitrogens with zero attached hydrogens (tertiary/aromatic N) is 1. The Balaban J connectivity index is 2.17. The first-order chi connectivity index (χ1) is 13.2. The first-order valence-electron chi connectivity index (χ1n) is 8.52. The van der Waals surface area contributed by atoms with E-state index < -0.39 is 23.6 Å². The molecule has 0 atom stereocenters. The van der Waals surface area contributed by atoms with Crippen molar-refractivity contribution >= 4 is 34.3 Å². The van der Waals surface area contributed by atoms with Gasteiger partial charge in [0, 0.05) is 17.4 Å². The van der Waals surface area contributed by atoms with E-state index >= 15 is 0 Å². The third-order valence-electron chi connectivity index (χ3n) is 4.41. The zero-order chi connectivity index (χ0) is 20.6. The van der Waals surface area contributed by atoms with Gasteiger partial charge in [-0.25, -0.2) is 13.8 Å². The van der Waals surface area contributed by atoms with Crippen LogP contribution in [0.2, 0.25) is 0 Å². The highest BCUT2D eigenvalue weighted by molar-refractivity contribution is 6.17. The van der Waals surface area contributed by atoms with Gasteiger partial charge in [0.05, 0.1) is 11.2 Å². The maximum Gasteiger partial charge on any atom is 0.326 e. The fraction of sp³-hybridized carbons (Fsp3) is 0.150. The summed E-state index contributed by atoms with van der Waals surface area (Å²) in [6.07, 6.45) is 0.240. The predicted octanol–water partition coefficient (Wildman–Crippen LogP) is 3.57. The average Bonchev–Trinajstić information content (AvgIpc) is 2.94. The number of fused-ring (bicyclic) bond motifs is 1. The molecule has 0 fully saturated rings. The van der Waals surface area contributed by atoms with Crippen LogP contribution in [0.5, 0.6) is 5.88 Å². The Bertz CT molecular complexity index is 1130. The number of aromatic hydroxyl groups is 1. The Morgan fingerprint density at radius 2 is 1.89 bits per heavy atom. The fourth-order valence-electron chi connectivity index (χ4n) is 3.01. The molecule has 0 aliphatic heterocycles. The van der Waals surface area contributed by atoms with Gasteiger partial charge in [-0.1, -0.05) is 13.0 Å². The zero-order valence-corrected chi connectivity index (χ0v) is 15.2. The summed E-state index contributed by atoms with van der Waals surface area (Å²) < 4.78 is 14.8. The van der Waals surface area contributed by atoms with Crippen LogP contribution in [0.1, 0.15) is 39.6 Å². The van der Waals surface area contributed by atoms with Crippen molar-refractivity contribution in [1.82, 2.24) is 4.57 Å². The van der Waals surface area contributed by atoms with Crippen molar-refractivity contribution in [3.05, 3.63) is 58.9 Å². The SMILES string of the molecule is CCC(=O)c1ccc2c(c1)c(C(=O)Nc1ccc(C)cc1F)c(O)n2C(N)=O. The number of carbonyl (C=O) groups excluding carboxylic acids is 3. The van der Waals surface area contributed by atoms with Gasteiger partial charge in [-0.05, 0) is 42.8 Å². The van der Waals surface area contributed by atoms with Crippen LogP contribution in [0.4, 0.5) is 14.9 Å². The summed E-state index contributed by atoms with van der Waals surface area (Å²) in [7, 11) is 0. The van der Waals surface area contributed by atoms with Gasteiger partial charge >= 0.3 is 6.03 Å². The van der Waals surface area contributed by atoms with Gasteiger partial charge < -0.3 is 16.2 Å². The zero-order valence-electron chi connectivity index (χ0n) is 15.2. The maximum atomic E-state index is 14.1. The fourth-order valence-corrected chi connectivity index (χ4v) is 3.01. The Hall–Kier alpha value is -3.68. The van der Waals surface area contributed by atoms with E-state index in [4.69, 9.17) is 5.73 Å². The Morgan fingerprint density at radius 1 is 1.18 bits per heavy atom. The number of nitrogens with two attached hydrogens (primary N) is 1. The number of anilines is 1. The minimum absolute atomic E-state index is 0.0873. The molecule has 2 amide bonds. The van der Waals surface area contributed by atoms with E-state index in [1.165, 1.54) is 30.3 Å². The molecule has 1 heterocycles. The number of aryl methyl sites for hydroxylation is 1. The van der Waals surface area contributed by atoms with Gasteiger partial charge in [-0.3, -0.25) is 9.59 Å². The summed E-state index contributed by atoms with van der Waals surface area (Å²) in [4.78, 5) is 36.6. The predicted molar refractivity (Wildman–Crippen MR) is 102 cm³/mol. The van der Waals surface area contributed by atoms with Crippen molar-refractivity contribution in [2.75, 3.05) is 5.32 Å².